The molecule has 0 radical (unpaired) electrons. The van der Waals surface area contributed by atoms with E-state index in [1.54, 1.807) is 0 Å². The summed E-state index contributed by atoms with van der Waals surface area (Å²) in [6, 6.07) is 9.62. The second-order valence-corrected chi connectivity index (χ2v) is 7.45. The Morgan fingerprint density at radius 2 is 1.71 bits per heavy atom. The molecule has 0 heterocycles. The monoisotopic (exact) mass is 416 g/mol. The van der Waals surface area contributed by atoms with Gasteiger partial charge < -0.3 is 9.64 Å². The first-order valence-corrected chi connectivity index (χ1v) is 9.66. The number of amides is 1. The molecular weight excluding hydrogens is 397 g/mol. The fourth-order valence-electron chi connectivity index (χ4n) is 2.34. The number of halogens is 3. The van der Waals surface area contributed by atoms with E-state index in [0.29, 0.717) is 0 Å². The first-order valence-electron chi connectivity index (χ1n) is 8.18. The van der Waals surface area contributed by atoms with Gasteiger partial charge in [-0.05, 0) is 48.5 Å². The van der Waals surface area contributed by atoms with Gasteiger partial charge in [0.2, 0.25) is 0 Å². The Bertz CT molecular complexity index is 888. The predicted molar refractivity (Wildman–Crippen MR) is 97.4 cm³/mol. The number of methoxy groups -OCH3 is 1. The van der Waals surface area contributed by atoms with Gasteiger partial charge in [0, 0.05) is 24.9 Å². The molecule has 0 atom stereocenters. The molecule has 0 aromatic heterocycles. The zero-order valence-electron chi connectivity index (χ0n) is 14.9. The van der Waals surface area contributed by atoms with Crippen LogP contribution in [0.4, 0.5) is 18.9 Å². The highest BCUT2D eigenvalue weighted by Gasteiger charge is 2.20. The van der Waals surface area contributed by atoms with E-state index in [1.807, 2.05) is 0 Å². The van der Waals surface area contributed by atoms with Crippen LogP contribution in [0.15, 0.2) is 53.4 Å². The molecule has 0 spiro atoms. The van der Waals surface area contributed by atoms with Crippen LogP contribution in [0, 0.1) is 5.82 Å². The van der Waals surface area contributed by atoms with Crippen molar-refractivity contribution < 1.29 is 31.1 Å². The summed E-state index contributed by atoms with van der Waals surface area (Å²) in [6.45, 7) is -0.631. The summed E-state index contributed by atoms with van der Waals surface area (Å²) in [7, 11) is -2.54. The molecule has 0 bridgehead atoms. The van der Waals surface area contributed by atoms with Crippen LogP contribution in [0.2, 0.25) is 0 Å². The van der Waals surface area contributed by atoms with Gasteiger partial charge in [0.05, 0.1) is 18.0 Å². The third kappa shape index (κ3) is 5.96. The van der Waals surface area contributed by atoms with Gasteiger partial charge in [0.15, 0.2) is 0 Å². The first kappa shape index (κ1) is 21.7. The average molecular weight is 416 g/mol. The third-order valence-electron chi connectivity index (χ3n) is 3.72. The molecule has 2 aromatic rings. The number of carbonyl (C=O) groups excluding carboxylic acids is 1. The number of nitrogens with zero attached hydrogens (tertiary/aromatic N) is 1. The summed E-state index contributed by atoms with van der Waals surface area (Å²) in [5.74, 6) is -1.19. The molecule has 152 valence electrons. The second kappa shape index (κ2) is 9.56. The van der Waals surface area contributed by atoms with Crippen molar-refractivity contribution in [3.8, 4) is 0 Å². The van der Waals surface area contributed by atoms with E-state index in [0.717, 1.165) is 29.2 Å². The highest BCUT2D eigenvalue weighted by molar-refractivity contribution is 7.92. The number of benzene rings is 2. The van der Waals surface area contributed by atoms with Crippen LogP contribution in [0.25, 0.3) is 0 Å². The van der Waals surface area contributed by atoms with Gasteiger partial charge >= 0.3 is 0 Å². The topological polar surface area (TPSA) is 75.7 Å². The molecule has 0 saturated heterocycles. The zero-order chi connectivity index (χ0) is 20.7. The molecular formula is C18H19F3N2O4S. The van der Waals surface area contributed by atoms with Crippen molar-refractivity contribution >= 4 is 21.6 Å². The Morgan fingerprint density at radius 3 is 2.25 bits per heavy atom. The maximum atomic E-state index is 12.9. The Morgan fingerprint density at radius 1 is 1.11 bits per heavy atom. The second-order valence-electron chi connectivity index (χ2n) is 5.77. The van der Waals surface area contributed by atoms with Crippen LogP contribution in [0.3, 0.4) is 0 Å². The van der Waals surface area contributed by atoms with Gasteiger partial charge in [-0.2, -0.15) is 0 Å². The molecule has 1 amide bonds. The van der Waals surface area contributed by atoms with E-state index in [-0.39, 0.29) is 29.3 Å². The zero-order valence-corrected chi connectivity index (χ0v) is 15.8. The molecule has 2 aromatic carbocycles. The summed E-state index contributed by atoms with van der Waals surface area (Å²) in [5.41, 5.74) is 0.291. The number of hydrogen-bond acceptors (Lipinski definition) is 4. The molecule has 0 unspecified atom stereocenters. The lowest BCUT2D eigenvalue weighted by Crippen LogP contribution is -2.37. The first-order chi connectivity index (χ1) is 13.2. The number of nitrogens with one attached hydrogen (secondary N) is 1. The van der Waals surface area contributed by atoms with E-state index in [4.69, 9.17) is 4.74 Å². The number of rotatable bonds is 9. The number of carbonyl (C=O) groups is 1. The normalized spacial score (nSPS) is 11.5. The van der Waals surface area contributed by atoms with Crippen molar-refractivity contribution in [1.82, 2.24) is 4.90 Å². The van der Waals surface area contributed by atoms with Gasteiger partial charge in [0.1, 0.15) is 5.82 Å². The molecule has 0 aliphatic heterocycles. The molecule has 0 aliphatic carbocycles. The SMILES string of the molecule is COCCN(CC(F)F)C(=O)c1ccc(NS(=O)(=O)c2ccc(F)cc2)cc1. The Balaban J connectivity index is 2.13. The minimum absolute atomic E-state index is 0.00137. The highest BCUT2D eigenvalue weighted by atomic mass is 32.2. The van der Waals surface area contributed by atoms with E-state index in [9.17, 15) is 26.4 Å². The van der Waals surface area contributed by atoms with Crippen molar-refractivity contribution in [1.29, 1.82) is 0 Å². The van der Waals surface area contributed by atoms with E-state index in [2.05, 4.69) is 4.72 Å². The molecule has 2 rings (SSSR count). The predicted octanol–water partition coefficient (Wildman–Crippen LogP) is 2.98. The molecule has 0 aliphatic rings. The van der Waals surface area contributed by atoms with E-state index >= 15 is 0 Å². The lowest BCUT2D eigenvalue weighted by atomic mass is 10.2. The summed E-state index contributed by atoms with van der Waals surface area (Å²) in [6.07, 6.45) is -2.69. The largest absolute Gasteiger partial charge is 0.383 e. The minimum Gasteiger partial charge on any atom is -0.383 e. The van der Waals surface area contributed by atoms with Crippen molar-refractivity contribution in [2.45, 2.75) is 11.3 Å². The summed E-state index contributed by atoms with van der Waals surface area (Å²) < 4.78 is 70.0. The fraction of sp³-hybridized carbons (Fsp3) is 0.278. The van der Waals surface area contributed by atoms with E-state index < -0.39 is 34.7 Å². The van der Waals surface area contributed by atoms with Crippen LogP contribution >= 0.6 is 0 Å². The number of anilines is 1. The molecule has 1 N–H and O–H groups in total. The fourth-order valence-corrected chi connectivity index (χ4v) is 3.39. The van der Waals surface area contributed by atoms with Crippen LogP contribution in [-0.2, 0) is 14.8 Å². The number of alkyl halides is 2. The van der Waals surface area contributed by atoms with Crippen LogP contribution in [-0.4, -0.2) is 52.5 Å². The molecule has 28 heavy (non-hydrogen) atoms. The summed E-state index contributed by atoms with van der Waals surface area (Å²) in [5, 5.41) is 0. The lowest BCUT2D eigenvalue weighted by molar-refractivity contribution is 0.0478. The Labute approximate surface area is 161 Å². The summed E-state index contributed by atoms with van der Waals surface area (Å²) in [4.78, 5) is 13.2. The van der Waals surface area contributed by atoms with Crippen molar-refractivity contribution in [3.63, 3.8) is 0 Å². The molecule has 6 nitrogen and oxygen atoms in total. The standard InChI is InChI=1S/C18H19F3N2O4S/c1-27-11-10-23(12-17(20)21)18(24)13-2-6-15(7-3-13)22-28(25,26)16-8-4-14(19)5-9-16/h2-9,17,22H,10-12H2,1H3. The maximum absolute atomic E-state index is 12.9. The number of ether oxygens (including phenoxy) is 1. The lowest BCUT2D eigenvalue weighted by Gasteiger charge is -2.22. The van der Waals surface area contributed by atoms with Crippen LogP contribution < -0.4 is 4.72 Å². The third-order valence-corrected chi connectivity index (χ3v) is 5.12. The average Bonchev–Trinajstić information content (AvgIpc) is 2.65. The van der Waals surface area contributed by atoms with Gasteiger partial charge in [-0.1, -0.05) is 0 Å². The smallest absolute Gasteiger partial charge is 0.261 e. The van der Waals surface area contributed by atoms with Crippen LogP contribution in [0.1, 0.15) is 10.4 Å². The molecule has 0 fully saturated rings. The molecule has 10 heteroatoms. The van der Waals surface area contributed by atoms with Gasteiger partial charge in [-0.25, -0.2) is 21.6 Å². The van der Waals surface area contributed by atoms with E-state index in [1.165, 1.54) is 31.4 Å². The van der Waals surface area contributed by atoms with Gasteiger partial charge in [0.25, 0.3) is 22.4 Å². The number of sulfonamides is 1. The highest BCUT2D eigenvalue weighted by Crippen LogP contribution is 2.18. The number of hydrogen-bond donors (Lipinski definition) is 1. The van der Waals surface area contributed by atoms with Crippen molar-refractivity contribution in [2.24, 2.45) is 0 Å². The Kier molecular flexibility index (Phi) is 7.41. The molecule has 0 saturated carbocycles. The van der Waals surface area contributed by atoms with Gasteiger partial charge in [-0.3, -0.25) is 9.52 Å². The summed E-state index contributed by atoms with van der Waals surface area (Å²) >= 11 is 0. The minimum atomic E-state index is -3.94. The van der Waals surface area contributed by atoms with Crippen molar-refractivity contribution in [3.05, 3.63) is 59.9 Å². The van der Waals surface area contributed by atoms with Gasteiger partial charge in [-0.15, -0.1) is 0 Å². The van der Waals surface area contributed by atoms with Crippen LogP contribution in [0.5, 0.6) is 0 Å². The maximum Gasteiger partial charge on any atom is 0.261 e. The Hall–Kier alpha value is -2.59. The van der Waals surface area contributed by atoms with Crippen molar-refractivity contribution in [2.75, 3.05) is 31.5 Å². The quantitative estimate of drug-likeness (QED) is 0.682.